The molecular weight excluding hydrogens is 474 g/mol. The summed E-state index contributed by atoms with van der Waals surface area (Å²) in [5.74, 6) is 0. The Morgan fingerprint density at radius 1 is 1.14 bits per heavy atom. The zero-order valence-corrected chi connectivity index (χ0v) is 23.2. The largest absolute Gasteiger partial charge is 0.382 e. The van der Waals surface area contributed by atoms with E-state index in [2.05, 4.69) is 43.6 Å². The van der Waals surface area contributed by atoms with E-state index in [1.807, 2.05) is 18.3 Å². The lowest BCUT2D eigenvalue weighted by molar-refractivity contribution is 0.0147. The first-order valence-electron chi connectivity index (χ1n) is 13.0. The number of benzene rings is 1. The topological polar surface area (TPSA) is 73.7 Å². The highest BCUT2D eigenvalue weighted by Gasteiger charge is 2.46. The van der Waals surface area contributed by atoms with E-state index in [4.69, 9.17) is 9.47 Å². The number of piperidine rings is 1. The van der Waals surface area contributed by atoms with E-state index >= 15 is 0 Å². The van der Waals surface area contributed by atoms with Gasteiger partial charge in [0.1, 0.15) is 0 Å². The van der Waals surface area contributed by atoms with Crippen molar-refractivity contribution in [3.63, 3.8) is 0 Å². The molecule has 1 fully saturated rings. The number of hydrogen-bond acceptors (Lipinski definition) is 5. The molecule has 1 atom stereocenters. The fraction of sp³-hybridized carbons (Fsp3) is 0.607. The Balaban J connectivity index is 1.62. The second-order valence-corrected chi connectivity index (χ2v) is 13.1. The first-order chi connectivity index (χ1) is 17.1. The van der Waals surface area contributed by atoms with Crippen LogP contribution in [0, 0.1) is 5.41 Å². The summed E-state index contributed by atoms with van der Waals surface area (Å²) in [6.07, 6.45) is 7.82. The number of nitrogens with zero attached hydrogens (tertiary/aromatic N) is 3. The maximum Gasteiger partial charge on any atom is 0.243 e. The van der Waals surface area contributed by atoms with Gasteiger partial charge in [0, 0.05) is 32.2 Å². The van der Waals surface area contributed by atoms with E-state index in [0.29, 0.717) is 44.2 Å². The predicted molar refractivity (Wildman–Crippen MR) is 142 cm³/mol. The third kappa shape index (κ3) is 5.47. The molecule has 4 rings (SSSR count). The van der Waals surface area contributed by atoms with Gasteiger partial charge >= 0.3 is 0 Å². The summed E-state index contributed by atoms with van der Waals surface area (Å²) in [5.41, 5.74) is 4.28. The van der Waals surface area contributed by atoms with Crippen molar-refractivity contribution in [2.75, 3.05) is 40.0 Å². The molecule has 0 amide bonds. The van der Waals surface area contributed by atoms with Crippen LogP contribution in [0.2, 0.25) is 0 Å². The standard InChI is InChI=1S/C28H41N3O4S/c1-6-7-13-31-26-17-24-12-14-30(36(32,33)25-10-8-23(9-11-25)27(2,3)4)20-28(24,18-22(26)19-29-31)21-35-16-15-34-5/h8-11,17,19H,6-7,12-16,18,20-21H2,1-5H3. The number of fused-ring (bicyclic) bond motifs is 2. The molecule has 0 bridgehead atoms. The van der Waals surface area contributed by atoms with Crippen molar-refractivity contribution in [2.24, 2.45) is 5.41 Å². The third-order valence-corrected chi connectivity index (χ3v) is 9.34. The number of aromatic nitrogens is 2. The normalized spacial score (nSPS) is 20.6. The van der Waals surface area contributed by atoms with Crippen molar-refractivity contribution in [3.05, 3.63) is 52.9 Å². The van der Waals surface area contributed by atoms with Crippen molar-refractivity contribution in [2.45, 2.75) is 70.2 Å². The van der Waals surface area contributed by atoms with Crippen molar-refractivity contribution in [1.29, 1.82) is 0 Å². The Morgan fingerprint density at radius 3 is 2.56 bits per heavy atom. The van der Waals surface area contributed by atoms with Crippen molar-refractivity contribution < 1.29 is 17.9 Å². The summed E-state index contributed by atoms with van der Waals surface area (Å²) < 4.78 is 42.5. The van der Waals surface area contributed by atoms with Gasteiger partial charge in [0.25, 0.3) is 0 Å². The Kier molecular flexibility index (Phi) is 8.10. The van der Waals surface area contributed by atoms with Gasteiger partial charge in [-0.2, -0.15) is 9.40 Å². The van der Waals surface area contributed by atoms with Gasteiger partial charge in [-0.3, -0.25) is 4.68 Å². The van der Waals surface area contributed by atoms with Crippen LogP contribution in [-0.2, 0) is 37.9 Å². The number of methoxy groups -OCH3 is 1. The molecule has 1 aliphatic heterocycles. The van der Waals surface area contributed by atoms with Crippen LogP contribution in [0.5, 0.6) is 0 Å². The maximum absolute atomic E-state index is 13.7. The molecule has 2 aromatic rings. The minimum absolute atomic E-state index is 0.0297. The van der Waals surface area contributed by atoms with Crippen LogP contribution >= 0.6 is 0 Å². The smallest absolute Gasteiger partial charge is 0.243 e. The third-order valence-electron chi connectivity index (χ3n) is 7.48. The number of rotatable bonds is 10. The molecule has 7 nitrogen and oxygen atoms in total. The van der Waals surface area contributed by atoms with Gasteiger partial charge in [-0.1, -0.05) is 51.8 Å². The van der Waals surface area contributed by atoms with E-state index in [1.165, 1.54) is 16.8 Å². The van der Waals surface area contributed by atoms with Gasteiger partial charge < -0.3 is 9.47 Å². The second-order valence-electron chi connectivity index (χ2n) is 11.2. The van der Waals surface area contributed by atoms with Crippen LogP contribution in [0.4, 0.5) is 0 Å². The minimum Gasteiger partial charge on any atom is -0.382 e. The van der Waals surface area contributed by atoms with Gasteiger partial charge in [0.15, 0.2) is 0 Å². The van der Waals surface area contributed by atoms with Gasteiger partial charge in [0.05, 0.1) is 36.6 Å². The summed E-state index contributed by atoms with van der Waals surface area (Å²) in [6.45, 7) is 11.8. The van der Waals surface area contributed by atoms with Gasteiger partial charge in [0.2, 0.25) is 10.0 Å². The molecular formula is C28H41N3O4S. The lowest BCUT2D eigenvalue weighted by Gasteiger charge is -2.46. The first-order valence-corrected chi connectivity index (χ1v) is 14.5. The fourth-order valence-electron chi connectivity index (χ4n) is 5.26. The van der Waals surface area contributed by atoms with Crippen LogP contribution in [0.15, 0.2) is 40.9 Å². The van der Waals surface area contributed by atoms with Gasteiger partial charge in [-0.05, 0) is 54.0 Å². The summed E-state index contributed by atoms with van der Waals surface area (Å²) in [5, 5.41) is 4.66. The molecule has 198 valence electrons. The van der Waals surface area contributed by atoms with Crippen LogP contribution in [0.1, 0.15) is 63.8 Å². The van der Waals surface area contributed by atoms with Crippen LogP contribution in [0.25, 0.3) is 6.08 Å². The zero-order chi connectivity index (χ0) is 26.0. The number of sulfonamides is 1. The quantitative estimate of drug-likeness (QED) is 0.430. The monoisotopic (exact) mass is 515 g/mol. The minimum atomic E-state index is -3.63. The van der Waals surface area contributed by atoms with E-state index in [-0.39, 0.29) is 5.41 Å². The summed E-state index contributed by atoms with van der Waals surface area (Å²) in [7, 11) is -1.97. The van der Waals surface area contributed by atoms with Gasteiger partial charge in [-0.15, -0.1) is 0 Å². The molecule has 0 saturated carbocycles. The molecule has 0 radical (unpaired) electrons. The number of unbranched alkanes of at least 4 members (excludes halogenated alkanes) is 1. The fourth-order valence-corrected chi connectivity index (χ4v) is 6.78. The molecule has 0 spiro atoms. The summed E-state index contributed by atoms with van der Waals surface area (Å²) in [4.78, 5) is 0.349. The number of ether oxygens (including phenoxy) is 2. The van der Waals surface area contributed by atoms with Crippen LogP contribution in [0.3, 0.4) is 0 Å². The van der Waals surface area contributed by atoms with E-state index in [1.54, 1.807) is 23.5 Å². The van der Waals surface area contributed by atoms with E-state index in [0.717, 1.165) is 31.4 Å². The van der Waals surface area contributed by atoms with Crippen LogP contribution < -0.4 is 0 Å². The molecule has 2 aliphatic rings. The van der Waals surface area contributed by atoms with Gasteiger partial charge in [-0.25, -0.2) is 8.42 Å². The van der Waals surface area contributed by atoms with Crippen molar-refractivity contribution in [1.82, 2.24) is 14.1 Å². The Hall–Kier alpha value is -2.00. The van der Waals surface area contributed by atoms with Crippen molar-refractivity contribution >= 4 is 16.1 Å². The number of hydrogen-bond donors (Lipinski definition) is 0. The Labute approximate surface area is 216 Å². The lowest BCUT2D eigenvalue weighted by Crippen LogP contribution is -2.51. The van der Waals surface area contributed by atoms with Crippen molar-refractivity contribution in [3.8, 4) is 0 Å². The molecule has 1 aliphatic carbocycles. The highest BCUT2D eigenvalue weighted by Crippen LogP contribution is 2.45. The molecule has 8 heteroatoms. The molecule has 1 saturated heterocycles. The average Bonchev–Trinajstić information content (AvgIpc) is 3.24. The number of aryl methyl sites for hydroxylation is 1. The summed E-state index contributed by atoms with van der Waals surface area (Å²) >= 11 is 0. The molecule has 2 heterocycles. The highest BCUT2D eigenvalue weighted by molar-refractivity contribution is 7.89. The molecule has 36 heavy (non-hydrogen) atoms. The zero-order valence-electron chi connectivity index (χ0n) is 22.4. The summed E-state index contributed by atoms with van der Waals surface area (Å²) in [6, 6.07) is 7.37. The maximum atomic E-state index is 13.7. The van der Waals surface area contributed by atoms with Crippen LogP contribution in [-0.4, -0.2) is 62.5 Å². The molecule has 1 unspecified atom stereocenters. The Bertz CT molecular complexity index is 1180. The van der Waals surface area contributed by atoms with E-state index in [9.17, 15) is 8.42 Å². The average molecular weight is 516 g/mol. The van der Waals surface area contributed by atoms with E-state index < -0.39 is 15.4 Å². The molecule has 0 N–H and O–H groups in total. The second kappa shape index (κ2) is 10.8. The molecule has 1 aromatic carbocycles. The SMILES string of the molecule is CCCCn1ncc2c1C=C1CCN(S(=O)(=O)c3ccc(C(C)(C)C)cc3)CC1(COCCOC)C2. The highest BCUT2D eigenvalue weighted by atomic mass is 32.2. The Morgan fingerprint density at radius 2 is 1.89 bits per heavy atom. The lowest BCUT2D eigenvalue weighted by atomic mass is 9.69. The first kappa shape index (κ1) is 27.0. The molecule has 1 aromatic heterocycles. The predicted octanol–water partition coefficient (Wildman–Crippen LogP) is 4.66.